The van der Waals surface area contributed by atoms with Gasteiger partial charge < -0.3 is 19.5 Å². The first-order valence-corrected chi connectivity index (χ1v) is 8.65. The van der Waals surface area contributed by atoms with Crippen LogP contribution in [-0.4, -0.2) is 32.3 Å². The summed E-state index contributed by atoms with van der Waals surface area (Å²) in [6.45, 7) is 0. The second-order valence-electron chi connectivity index (χ2n) is 4.83. The van der Waals surface area contributed by atoms with Crippen molar-refractivity contribution in [3.63, 3.8) is 0 Å². The predicted molar refractivity (Wildman–Crippen MR) is 109 cm³/mol. The van der Waals surface area contributed by atoms with E-state index in [0.29, 0.717) is 28.5 Å². The lowest BCUT2D eigenvalue weighted by molar-refractivity contribution is 0.0977. The molecule has 2 aromatic carbocycles. The van der Waals surface area contributed by atoms with Crippen molar-refractivity contribution >= 4 is 51.5 Å². The second-order valence-corrected chi connectivity index (χ2v) is 6.40. The van der Waals surface area contributed by atoms with Crippen LogP contribution < -0.4 is 24.8 Å². The highest BCUT2D eigenvalue weighted by molar-refractivity contribution is 14.1. The maximum absolute atomic E-state index is 12.3. The summed E-state index contributed by atoms with van der Waals surface area (Å²) < 4.78 is 16.4. The van der Waals surface area contributed by atoms with E-state index in [1.165, 1.54) is 0 Å². The monoisotopic (exact) mass is 472 g/mol. The summed E-state index contributed by atoms with van der Waals surface area (Å²) in [5, 5.41) is 5.77. The number of benzene rings is 2. The molecule has 8 heteroatoms. The normalized spacial score (nSPS) is 9.92. The van der Waals surface area contributed by atoms with Crippen molar-refractivity contribution < 1.29 is 19.0 Å². The molecule has 0 fully saturated rings. The SMILES string of the molecule is COc1ccc(C(=O)NC(=S)Nc2ccc(OC)c(OC)c2)cc1I. The van der Waals surface area contributed by atoms with Crippen LogP contribution in [0.15, 0.2) is 36.4 Å². The van der Waals surface area contributed by atoms with Crippen LogP contribution >= 0.6 is 34.8 Å². The summed E-state index contributed by atoms with van der Waals surface area (Å²) >= 11 is 7.30. The Kier molecular flexibility index (Phi) is 6.82. The number of nitrogens with one attached hydrogen (secondary N) is 2. The van der Waals surface area contributed by atoms with Gasteiger partial charge in [-0.15, -0.1) is 0 Å². The topological polar surface area (TPSA) is 68.8 Å². The third-order valence-corrected chi connectivity index (χ3v) is 4.33. The van der Waals surface area contributed by atoms with Crippen LogP contribution in [0.2, 0.25) is 0 Å². The molecule has 0 aliphatic heterocycles. The summed E-state index contributed by atoms with van der Waals surface area (Å²) in [5.74, 6) is 1.57. The van der Waals surface area contributed by atoms with Gasteiger partial charge in [0.1, 0.15) is 5.75 Å². The molecule has 1 amide bonds. The fourth-order valence-corrected chi connectivity index (χ4v) is 3.01. The van der Waals surface area contributed by atoms with Gasteiger partial charge >= 0.3 is 0 Å². The molecule has 0 radical (unpaired) electrons. The van der Waals surface area contributed by atoms with Crippen molar-refractivity contribution in [3.05, 3.63) is 45.5 Å². The molecular weight excluding hydrogens is 455 g/mol. The highest BCUT2D eigenvalue weighted by Gasteiger charge is 2.11. The molecular formula is C17H17IN2O4S. The van der Waals surface area contributed by atoms with E-state index in [-0.39, 0.29) is 11.0 Å². The minimum Gasteiger partial charge on any atom is -0.496 e. The van der Waals surface area contributed by atoms with E-state index < -0.39 is 0 Å². The van der Waals surface area contributed by atoms with Gasteiger partial charge in [-0.2, -0.15) is 0 Å². The second kappa shape index (κ2) is 8.86. The first-order valence-electron chi connectivity index (χ1n) is 7.16. The van der Waals surface area contributed by atoms with Gasteiger partial charge in [0.15, 0.2) is 16.6 Å². The third kappa shape index (κ3) is 4.95. The summed E-state index contributed by atoms with van der Waals surface area (Å²) in [6, 6.07) is 10.4. The lowest BCUT2D eigenvalue weighted by Gasteiger charge is -2.13. The van der Waals surface area contributed by atoms with Gasteiger partial charge in [-0.1, -0.05) is 0 Å². The Morgan fingerprint density at radius 3 is 2.20 bits per heavy atom. The van der Waals surface area contributed by atoms with Crippen LogP contribution in [0.1, 0.15) is 10.4 Å². The van der Waals surface area contributed by atoms with Crippen LogP contribution in [-0.2, 0) is 0 Å². The van der Waals surface area contributed by atoms with Gasteiger partial charge in [0.2, 0.25) is 0 Å². The van der Waals surface area contributed by atoms with Crippen LogP contribution in [0.25, 0.3) is 0 Å². The lowest BCUT2D eigenvalue weighted by atomic mass is 10.2. The van der Waals surface area contributed by atoms with Gasteiger partial charge in [-0.25, -0.2) is 0 Å². The molecule has 0 aromatic heterocycles. The Bertz CT molecular complexity index is 798. The molecule has 132 valence electrons. The minimum atomic E-state index is -0.307. The molecule has 2 aromatic rings. The number of hydrogen-bond donors (Lipinski definition) is 2. The number of anilines is 1. The Hall–Kier alpha value is -2.07. The van der Waals surface area contributed by atoms with E-state index in [1.807, 2.05) is 0 Å². The number of carbonyl (C=O) groups is 1. The molecule has 0 unspecified atom stereocenters. The highest BCUT2D eigenvalue weighted by atomic mass is 127. The van der Waals surface area contributed by atoms with E-state index in [4.69, 9.17) is 26.4 Å². The smallest absolute Gasteiger partial charge is 0.257 e. The first-order chi connectivity index (χ1) is 12.0. The molecule has 2 rings (SSSR count). The average molecular weight is 472 g/mol. The van der Waals surface area contributed by atoms with Gasteiger partial charge in [0.25, 0.3) is 5.91 Å². The van der Waals surface area contributed by atoms with Crippen molar-refractivity contribution in [2.24, 2.45) is 0 Å². The zero-order chi connectivity index (χ0) is 18.4. The lowest BCUT2D eigenvalue weighted by Crippen LogP contribution is -2.34. The molecule has 0 saturated carbocycles. The average Bonchev–Trinajstić information content (AvgIpc) is 2.61. The number of thiocarbonyl (C=S) groups is 1. The number of ether oxygens (including phenoxy) is 3. The molecule has 6 nitrogen and oxygen atoms in total. The summed E-state index contributed by atoms with van der Waals surface area (Å²) in [6.07, 6.45) is 0. The van der Waals surface area contributed by atoms with E-state index in [0.717, 1.165) is 3.57 Å². The zero-order valence-electron chi connectivity index (χ0n) is 13.9. The van der Waals surface area contributed by atoms with Crippen molar-refractivity contribution in [2.75, 3.05) is 26.6 Å². The van der Waals surface area contributed by atoms with Crippen LogP contribution in [0.5, 0.6) is 17.2 Å². The molecule has 0 aliphatic carbocycles. The Labute approximate surface area is 165 Å². The Morgan fingerprint density at radius 1 is 0.960 bits per heavy atom. The van der Waals surface area contributed by atoms with Gasteiger partial charge in [0.05, 0.1) is 24.9 Å². The number of amides is 1. The minimum absolute atomic E-state index is 0.183. The first kappa shape index (κ1) is 19.3. The summed E-state index contributed by atoms with van der Waals surface area (Å²) in [7, 11) is 4.69. The molecule has 0 spiro atoms. The largest absolute Gasteiger partial charge is 0.496 e. The molecule has 2 N–H and O–H groups in total. The van der Waals surface area contributed by atoms with Crippen molar-refractivity contribution in [1.82, 2.24) is 5.32 Å². The Morgan fingerprint density at radius 2 is 1.60 bits per heavy atom. The molecule has 25 heavy (non-hydrogen) atoms. The fraction of sp³-hybridized carbons (Fsp3) is 0.176. The fourth-order valence-electron chi connectivity index (χ4n) is 2.06. The molecule has 0 heterocycles. The predicted octanol–water partition coefficient (Wildman–Crippen LogP) is 3.44. The van der Waals surface area contributed by atoms with Crippen LogP contribution in [0.4, 0.5) is 5.69 Å². The van der Waals surface area contributed by atoms with Crippen molar-refractivity contribution in [1.29, 1.82) is 0 Å². The number of carbonyl (C=O) groups excluding carboxylic acids is 1. The Balaban J connectivity index is 2.04. The van der Waals surface area contributed by atoms with Crippen LogP contribution in [0, 0.1) is 3.57 Å². The highest BCUT2D eigenvalue weighted by Crippen LogP contribution is 2.29. The zero-order valence-corrected chi connectivity index (χ0v) is 16.9. The number of rotatable bonds is 5. The molecule has 0 saturated heterocycles. The van der Waals surface area contributed by atoms with Crippen molar-refractivity contribution in [2.45, 2.75) is 0 Å². The van der Waals surface area contributed by atoms with E-state index in [2.05, 4.69) is 33.2 Å². The maximum atomic E-state index is 12.3. The third-order valence-electron chi connectivity index (χ3n) is 3.28. The van der Waals surface area contributed by atoms with E-state index >= 15 is 0 Å². The molecule has 0 aliphatic rings. The van der Waals surface area contributed by atoms with Crippen LogP contribution in [0.3, 0.4) is 0 Å². The van der Waals surface area contributed by atoms with Gasteiger partial charge in [0, 0.05) is 17.3 Å². The molecule has 0 atom stereocenters. The van der Waals surface area contributed by atoms with E-state index in [9.17, 15) is 4.79 Å². The number of hydrogen-bond acceptors (Lipinski definition) is 5. The van der Waals surface area contributed by atoms with Gasteiger partial charge in [-0.05, 0) is 65.1 Å². The summed E-state index contributed by atoms with van der Waals surface area (Å²) in [5.41, 5.74) is 1.16. The summed E-state index contributed by atoms with van der Waals surface area (Å²) in [4.78, 5) is 12.3. The standard InChI is InChI=1S/C17H17IN2O4S/c1-22-13-6-4-10(8-12(13)18)16(21)20-17(25)19-11-5-7-14(23-2)15(9-11)24-3/h4-9H,1-3H3,(H2,19,20,21,25). The van der Waals surface area contributed by atoms with Gasteiger partial charge in [-0.3, -0.25) is 10.1 Å². The van der Waals surface area contributed by atoms with Crippen molar-refractivity contribution in [3.8, 4) is 17.2 Å². The quantitative estimate of drug-likeness (QED) is 0.514. The van der Waals surface area contributed by atoms with E-state index in [1.54, 1.807) is 57.7 Å². The molecule has 0 bridgehead atoms. The maximum Gasteiger partial charge on any atom is 0.257 e. The number of methoxy groups -OCH3 is 3. The number of halogens is 1.